The Balaban J connectivity index is 2.29. The van der Waals surface area contributed by atoms with E-state index in [4.69, 9.17) is 0 Å². The quantitative estimate of drug-likeness (QED) is 0.675. The van der Waals surface area contributed by atoms with Crippen molar-refractivity contribution < 1.29 is 0 Å². The number of hydrogen-bond donors (Lipinski definition) is 0. The molecule has 0 aliphatic heterocycles. The van der Waals surface area contributed by atoms with Gasteiger partial charge in [0.1, 0.15) is 0 Å². The minimum Gasteiger partial charge on any atom is -0.254 e. The van der Waals surface area contributed by atoms with Gasteiger partial charge in [-0.2, -0.15) is 0 Å². The summed E-state index contributed by atoms with van der Waals surface area (Å²) in [5.41, 5.74) is 3.48. The molecule has 1 radical (unpaired) electrons. The van der Waals surface area contributed by atoms with Crippen LogP contribution in [0.4, 0.5) is 0 Å². The van der Waals surface area contributed by atoms with E-state index >= 15 is 0 Å². The van der Waals surface area contributed by atoms with E-state index in [1.165, 1.54) is 11.1 Å². The largest absolute Gasteiger partial charge is 0.254 e. The summed E-state index contributed by atoms with van der Waals surface area (Å²) >= 11 is 0. The van der Waals surface area contributed by atoms with E-state index in [1.54, 1.807) is 6.20 Å². The Bertz CT molecular complexity index is 578. The van der Waals surface area contributed by atoms with Crippen molar-refractivity contribution in [3.63, 3.8) is 0 Å². The van der Waals surface area contributed by atoms with Gasteiger partial charge in [0.05, 0.1) is 6.20 Å². The van der Waals surface area contributed by atoms with E-state index in [1.807, 2.05) is 6.07 Å². The van der Waals surface area contributed by atoms with Gasteiger partial charge in [0.25, 0.3) is 0 Å². The summed E-state index contributed by atoms with van der Waals surface area (Å²) in [5.74, 6) is 0. The van der Waals surface area contributed by atoms with Crippen LogP contribution in [0.5, 0.6) is 0 Å². The summed E-state index contributed by atoms with van der Waals surface area (Å²) in [6.07, 6.45) is 5.95. The number of nitrogens with zero attached hydrogens (tertiary/aromatic N) is 1. The molecule has 2 aromatic carbocycles. The van der Waals surface area contributed by atoms with Gasteiger partial charge in [-0.25, -0.2) is 0 Å². The van der Waals surface area contributed by atoms with Crippen LogP contribution in [-0.2, 0) is 5.41 Å². The van der Waals surface area contributed by atoms with Crippen molar-refractivity contribution >= 4 is 0 Å². The van der Waals surface area contributed by atoms with Gasteiger partial charge in [-0.1, -0.05) is 73.7 Å². The highest BCUT2D eigenvalue weighted by atomic mass is 14.6. The highest BCUT2D eigenvalue weighted by molar-refractivity contribution is 5.48. The molecule has 1 nitrogen and oxygen atoms in total. The molecular weight excluding hydrogens is 254 g/mol. The number of aromatic nitrogens is 1. The van der Waals surface area contributed by atoms with Crippen molar-refractivity contribution in [2.75, 3.05) is 0 Å². The van der Waals surface area contributed by atoms with Crippen molar-refractivity contribution in [1.82, 2.24) is 4.98 Å². The van der Waals surface area contributed by atoms with E-state index < -0.39 is 0 Å². The fourth-order valence-corrected chi connectivity index (χ4v) is 3.09. The number of hydrogen-bond acceptors (Lipinski definition) is 1. The first kappa shape index (κ1) is 13.6. The zero-order chi connectivity index (χ0) is 14.5. The first-order valence-electron chi connectivity index (χ1n) is 7.32. The molecule has 21 heavy (non-hydrogen) atoms. The van der Waals surface area contributed by atoms with Crippen molar-refractivity contribution in [1.29, 1.82) is 0 Å². The van der Waals surface area contributed by atoms with E-state index in [0.29, 0.717) is 0 Å². The Morgan fingerprint density at radius 2 is 1.38 bits per heavy atom. The summed E-state index contributed by atoms with van der Waals surface area (Å²) in [4.78, 5) is 4.22. The third-order valence-electron chi connectivity index (χ3n) is 4.13. The number of benzene rings is 2. The molecule has 103 valence electrons. The van der Waals surface area contributed by atoms with Gasteiger partial charge in [0, 0.05) is 11.6 Å². The molecule has 1 aromatic heterocycles. The molecule has 1 heteroatoms. The highest BCUT2D eigenvalue weighted by Crippen LogP contribution is 2.41. The maximum Gasteiger partial charge on any atom is 0.0933 e. The third-order valence-corrected chi connectivity index (χ3v) is 4.13. The monoisotopic (exact) mass is 272 g/mol. The molecule has 0 unspecified atom stereocenters. The lowest BCUT2D eigenvalue weighted by molar-refractivity contribution is 0.590. The SMILES string of the molecule is CCC(c1[c]nccc1)(c1ccccc1)c1ccccc1. The van der Waals surface area contributed by atoms with Gasteiger partial charge in [0.15, 0.2) is 0 Å². The van der Waals surface area contributed by atoms with E-state index in [-0.39, 0.29) is 5.41 Å². The molecule has 0 amide bonds. The molecule has 0 atom stereocenters. The summed E-state index contributed by atoms with van der Waals surface area (Å²) in [7, 11) is 0. The van der Waals surface area contributed by atoms with Crippen LogP contribution < -0.4 is 0 Å². The van der Waals surface area contributed by atoms with Crippen LogP contribution in [0.3, 0.4) is 0 Å². The van der Waals surface area contributed by atoms with E-state index in [0.717, 1.165) is 12.0 Å². The molecule has 0 bridgehead atoms. The molecule has 0 saturated carbocycles. The lowest BCUT2D eigenvalue weighted by Crippen LogP contribution is -2.28. The van der Waals surface area contributed by atoms with Crippen LogP contribution in [0.1, 0.15) is 30.0 Å². The van der Waals surface area contributed by atoms with Gasteiger partial charge in [0.2, 0.25) is 0 Å². The van der Waals surface area contributed by atoms with Crippen LogP contribution in [0.15, 0.2) is 79.0 Å². The smallest absolute Gasteiger partial charge is 0.0933 e. The van der Waals surface area contributed by atoms with Crippen LogP contribution in [0, 0.1) is 6.20 Å². The predicted molar refractivity (Wildman–Crippen MR) is 86.1 cm³/mol. The molecule has 0 fully saturated rings. The van der Waals surface area contributed by atoms with Crippen molar-refractivity contribution in [2.45, 2.75) is 18.8 Å². The van der Waals surface area contributed by atoms with Gasteiger partial charge < -0.3 is 0 Å². The molecule has 3 rings (SSSR count). The first-order valence-corrected chi connectivity index (χ1v) is 7.32. The summed E-state index contributed by atoms with van der Waals surface area (Å²) in [6, 6.07) is 25.4. The van der Waals surface area contributed by atoms with Crippen LogP contribution in [-0.4, -0.2) is 4.98 Å². The maximum absolute atomic E-state index is 4.22. The van der Waals surface area contributed by atoms with Crippen molar-refractivity contribution in [3.8, 4) is 0 Å². The Hall–Kier alpha value is -2.41. The van der Waals surface area contributed by atoms with Gasteiger partial charge in [-0.05, 0) is 29.2 Å². The summed E-state index contributed by atoms with van der Waals surface area (Å²) in [6.45, 7) is 2.22. The molecule has 3 aromatic rings. The molecule has 0 spiro atoms. The molecule has 0 N–H and O–H groups in total. The third kappa shape index (κ3) is 2.36. The zero-order valence-electron chi connectivity index (χ0n) is 12.2. The van der Waals surface area contributed by atoms with Gasteiger partial charge in [-0.15, -0.1) is 0 Å². The second-order valence-corrected chi connectivity index (χ2v) is 5.15. The average molecular weight is 272 g/mol. The molecular formula is C20H18N. The average Bonchev–Trinajstić information content (AvgIpc) is 2.59. The van der Waals surface area contributed by atoms with Gasteiger partial charge in [-0.3, -0.25) is 4.98 Å². The molecule has 0 aliphatic carbocycles. The second-order valence-electron chi connectivity index (χ2n) is 5.15. The van der Waals surface area contributed by atoms with Crippen molar-refractivity contribution in [2.24, 2.45) is 0 Å². The van der Waals surface area contributed by atoms with Crippen molar-refractivity contribution in [3.05, 3.63) is 102 Å². The lowest BCUT2D eigenvalue weighted by Gasteiger charge is -2.34. The summed E-state index contributed by atoms with van der Waals surface area (Å²) < 4.78 is 0. The van der Waals surface area contributed by atoms with Crippen LogP contribution in [0.2, 0.25) is 0 Å². The number of rotatable bonds is 4. The van der Waals surface area contributed by atoms with Crippen LogP contribution >= 0.6 is 0 Å². The molecule has 0 aliphatic rings. The Labute approximate surface area is 126 Å². The Kier molecular flexibility index (Phi) is 3.83. The fourth-order valence-electron chi connectivity index (χ4n) is 3.09. The fraction of sp³-hybridized carbons (Fsp3) is 0.150. The van der Waals surface area contributed by atoms with Crippen LogP contribution in [0.25, 0.3) is 0 Å². The second kappa shape index (κ2) is 5.92. The topological polar surface area (TPSA) is 12.9 Å². The minimum atomic E-state index is -0.198. The lowest BCUT2D eigenvalue weighted by atomic mass is 9.68. The van der Waals surface area contributed by atoms with Gasteiger partial charge >= 0.3 is 0 Å². The normalized spacial score (nSPS) is 11.3. The molecule has 0 saturated heterocycles. The van der Waals surface area contributed by atoms with E-state index in [9.17, 15) is 0 Å². The Morgan fingerprint density at radius 3 is 1.81 bits per heavy atom. The van der Waals surface area contributed by atoms with E-state index in [2.05, 4.69) is 84.8 Å². The maximum atomic E-state index is 4.22. The highest BCUT2D eigenvalue weighted by Gasteiger charge is 2.34. The first-order chi connectivity index (χ1) is 10.4. The minimum absolute atomic E-state index is 0.198. The number of pyridine rings is 1. The summed E-state index contributed by atoms with van der Waals surface area (Å²) in [5, 5.41) is 0. The standard InChI is InChI=1S/C20H18N/c1-2-20(17-10-5-3-6-11-17,18-12-7-4-8-13-18)19-14-9-15-21-16-19/h3-15H,2H2,1H3. The Morgan fingerprint density at radius 1 is 0.810 bits per heavy atom. The zero-order valence-corrected chi connectivity index (χ0v) is 12.2. The molecule has 1 heterocycles. The predicted octanol–water partition coefficient (Wildman–Crippen LogP) is 4.63.